The normalized spacial score (nSPS) is 21.0. The summed E-state index contributed by atoms with van der Waals surface area (Å²) in [4.78, 5) is 24.6. The maximum absolute atomic E-state index is 12.5. The smallest absolute Gasteiger partial charge is 0.311 e. The van der Waals surface area contributed by atoms with Crippen molar-refractivity contribution in [2.45, 2.75) is 77.7 Å². The van der Waals surface area contributed by atoms with Gasteiger partial charge in [0, 0.05) is 23.5 Å². The maximum Gasteiger partial charge on any atom is 0.311 e. The van der Waals surface area contributed by atoms with Crippen molar-refractivity contribution in [2.75, 3.05) is 0 Å². The van der Waals surface area contributed by atoms with Crippen LogP contribution in [-0.2, 0) is 11.2 Å². The Morgan fingerprint density at radius 2 is 2.00 bits per heavy atom. The second kappa shape index (κ2) is 6.36. The van der Waals surface area contributed by atoms with Crippen LogP contribution in [0.1, 0.15) is 87.2 Å². The summed E-state index contributed by atoms with van der Waals surface area (Å²) in [6, 6.07) is 0. The fraction of sp³-hybridized carbons (Fsp3) is 0.600. The number of benzene rings is 1. The average molecular weight is 346 g/mol. The first-order valence-electron chi connectivity index (χ1n) is 9.13. The average Bonchev–Trinajstić information content (AvgIpc) is 2.53. The predicted molar refractivity (Wildman–Crippen MR) is 93.7 cm³/mol. The molecular weight excluding hydrogens is 320 g/mol. The van der Waals surface area contributed by atoms with Gasteiger partial charge in [-0.15, -0.1) is 0 Å². The van der Waals surface area contributed by atoms with E-state index in [1.807, 2.05) is 13.8 Å². The second-order valence-corrected chi connectivity index (χ2v) is 7.58. The van der Waals surface area contributed by atoms with Gasteiger partial charge in [-0.05, 0) is 33.1 Å². The molecule has 25 heavy (non-hydrogen) atoms. The third-order valence-electron chi connectivity index (χ3n) is 5.14. The molecule has 2 aliphatic heterocycles. The number of aromatic hydroxyl groups is 1. The van der Waals surface area contributed by atoms with E-state index in [2.05, 4.69) is 6.92 Å². The molecule has 0 radical (unpaired) electrons. The number of esters is 1. The van der Waals surface area contributed by atoms with E-state index in [9.17, 15) is 14.7 Å². The molecule has 0 amide bonds. The second-order valence-electron chi connectivity index (χ2n) is 7.58. The van der Waals surface area contributed by atoms with Gasteiger partial charge >= 0.3 is 5.97 Å². The summed E-state index contributed by atoms with van der Waals surface area (Å²) in [6.45, 7) is 7.82. The molecule has 1 N–H and O–H groups in total. The predicted octanol–water partition coefficient (Wildman–Crippen LogP) is 4.28. The van der Waals surface area contributed by atoms with Gasteiger partial charge in [0.2, 0.25) is 0 Å². The molecule has 5 heteroatoms. The van der Waals surface area contributed by atoms with Gasteiger partial charge in [0.1, 0.15) is 22.7 Å². The molecule has 3 rings (SSSR count). The third kappa shape index (κ3) is 3.00. The molecule has 0 aromatic heterocycles. The highest BCUT2D eigenvalue weighted by Gasteiger charge is 2.41. The fourth-order valence-corrected chi connectivity index (χ4v) is 3.83. The van der Waals surface area contributed by atoms with Crippen LogP contribution in [0.3, 0.4) is 0 Å². The van der Waals surface area contributed by atoms with Crippen molar-refractivity contribution in [3.63, 3.8) is 0 Å². The molecule has 136 valence electrons. The lowest BCUT2D eigenvalue weighted by atomic mass is 9.81. The van der Waals surface area contributed by atoms with Gasteiger partial charge in [-0.2, -0.15) is 0 Å². The summed E-state index contributed by atoms with van der Waals surface area (Å²) in [5, 5.41) is 10.8. The highest BCUT2D eigenvalue weighted by atomic mass is 16.5. The molecule has 0 fully saturated rings. The van der Waals surface area contributed by atoms with E-state index in [0.717, 1.165) is 24.8 Å². The summed E-state index contributed by atoms with van der Waals surface area (Å²) in [5.41, 5.74) is 1.25. The number of phenolic OH excluding ortho intramolecular Hbond substituents is 1. The third-order valence-corrected chi connectivity index (χ3v) is 5.14. The summed E-state index contributed by atoms with van der Waals surface area (Å²) in [6.07, 6.45) is 3.63. The summed E-state index contributed by atoms with van der Waals surface area (Å²) >= 11 is 0. The molecule has 1 unspecified atom stereocenters. The van der Waals surface area contributed by atoms with Gasteiger partial charge in [0.15, 0.2) is 11.5 Å². The van der Waals surface area contributed by atoms with Gasteiger partial charge < -0.3 is 14.6 Å². The van der Waals surface area contributed by atoms with Gasteiger partial charge in [0.05, 0.1) is 6.42 Å². The van der Waals surface area contributed by atoms with Crippen molar-refractivity contribution in [1.29, 1.82) is 0 Å². The first-order valence-corrected chi connectivity index (χ1v) is 9.13. The van der Waals surface area contributed by atoms with Crippen molar-refractivity contribution in [3.8, 4) is 17.2 Å². The van der Waals surface area contributed by atoms with Crippen LogP contribution in [-0.4, -0.2) is 22.5 Å². The molecule has 0 aliphatic carbocycles. The van der Waals surface area contributed by atoms with E-state index in [-0.39, 0.29) is 53.2 Å². The molecule has 2 aliphatic rings. The standard InChI is InChI=1S/C20H26O5/c1-5-7-11-10-14(22)24-19-15(11)18-12(8-9-20(3,4)25-18)17(23)16(19)13(21)6-2/h11,23H,5-10H2,1-4H3. The molecular formula is C20H26O5. The number of Topliss-reactive ketones (excluding diaryl/α,β-unsaturated/α-hetero) is 1. The molecule has 5 nitrogen and oxygen atoms in total. The Labute approximate surface area is 148 Å². The van der Waals surface area contributed by atoms with Crippen LogP contribution in [0.4, 0.5) is 0 Å². The SMILES string of the molecule is CCCC1CC(=O)Oc2c(C(=O)CC)c(O)c3c(c21)OC(C)(C)CC3. The minimum atomic E-state index is -0.359. The lowest BCUT2D eigenvalue weighted by Gasteiger charge is -2.38. The van der Waals surface area contributed by atoms with Crippen LogP contribution in [0.2, 0.25) is 0 Å². The fourth-order valence-electron chi connectivity index (χ4n) is 3.83. The molecule has 0 bridgehead atoms. The molecule has 1 atom stereocenters. The molecule has 2 heterocycles. The number of phenols is 1. The van der Waals surface area contributed by atoms with Crippen molar-refractivity contribution >= 4 is 11.8 Å². The van der Waals surface area contributed by atoms with E-state index < -0.39 is 0 Å². The number of hydrogen-bond acceptors (Lipinski definition) is 5. The van der Waals surface area contributed by atoms with E-state index >= 15 is 0 Å². The van der Waals surface area contributed by atoms with Crippen molar-refractivity contribution in [2.24, 2.45) is 0 Å². The Morgan fingerprint density at radius 1 is 1.28 bits per heavy atom. The molecule has 1 aromatic rings. The van der Waals surface area contributed by atoms with E-state index in [0.29, 0.717) is 17.7 Å². The summed E-state index contributed by atoms with van der Waals surface area (Å²) < 4.78 is 11.7. The first-order chi connectivity index (χ1) is 11.8. The largest absolute Gasteiger partial charge is 0.507 e. The van der Waals surface area contributed by atoms with Gasteiger partial charge in [-0.1, -0.05) is 20.3 Å². The Bertz CT molecular complexity index is 732. The number of ether oxygens (including phenoxy) is 2. The van der Waals surface area contributed by atoms with Crippen LogP contribution in [0.25, 0.3) is 0 Å². The van der Waals surface area contributed by atoms with Gasteiger partial charge in [0.25, 0.3) is 0 Å². The lowest BCUT2D eigenvalue weighted by Crippen LogP contribution is -2.35. The summed E-state index contributed by atoms with van der Waals surface area (Å²) in [7, 11) is 0. The van der Waals surface area contributed by atoms with Crippen LogP contribution < -0.4 is 9.47 Å². The van der Waals surface area contributed by atoms with Crippen LogP contribution in [0.15, 0.2) is 0 Å². The number of rotatable bonds is 4. The minimum Gasteiger partial charge on any atom is -0.507 e. The Morgan fingerprint density at radius 3 is 2.64 bits per heavy atom. The number of fused-ring (bicyclic) bond motifs is 3. The molecule has 0 spiro atoms. The molecule has 0 saturated heterocycles. The van der Waals surface area contributed by atoms with Gasteiger partial charge in [-0.3, -0.25) is 9.59 Å². The monoisotopic (exact) mass is 346 g/mol. The van der Waals surface area contributed by atoms with Gasteiger partial charge in [-0.25, -0.2) is 0 Å². The van der Waals surface area contributed by atoms with Crippen molar-refractivity contribution in [3.05, 3.63) is 16.7 Å². The van der Waals surface area contributed by atoms with E-state index in [1.165, 1.54) is 0 Å². The van der Waals surface area contributed by atoms with Crippen molar-refractivity contribution in [1.82, 2.24) is 0 Å². The first kappa shape index (κ1) is 17.8. The quantitative estimate of drug-likeness (QED) is 0.500. The van der Waals surface area contributed by atoms with E-state index in [4.69, 9.17) is 9.47 Å². The number of hydrogen-bond donors (Lipinski definition) is 1. The Balaban J connectivity index is 2.31. The maximum atomic E-state index is 12.5. The molecule has 0 saturated carbocycles. The number of carbonyl (C=O) groups is 2. The Hall–Kier alpha value is -2.04. The zero-order chi connectivity index (χ0) is 18.4. The minimum absolute atomic E-state index is 0.0482. The van der Waals surface area contributed by atoms with Crippen LogP contribution in [0.5, 0.6) is 17.2 Å². The highest BCUT2D eigenvalue weighted by molar-refractivity contribution is 6.03. The van der Waals surface area contributed by atoms with E-state index in [1.54, 1.807) is 6.92 Å². The lowest BCUT2D eigenvalue weighted by molar-refractivity contribution is -0.136. The zero-order valence-corrected chi connectivity index (χ0v) is 15.4. The summed E-state index contributed by atoms with van der Waals surface area (Å²) in [5.74, 6) is 0.128. The topological polar surface area (TPSA) is 72.8 Å². The number of ketones is 1. The van der Waals surface area contributed by atoms with Crippen molar-refractivity contribution < 1.29 is 24.2 Å². The molecule has 1 aromatic carbocycles. The zero-order valence-electron chi connectivity index (χ0n) is 15.4. The highest BCUT2D eigenvalue weighted by Crippen LogP contribution is 2.53. The van der Waals surface area contributed by atoms with Crippen LogP contribution in [0, 0.1) is 0 Å². The number of carbonyl (C=O) groups excluding carboxylic acids is 2. The van der Waals surface area contributed by atoms with Crippen LogP contribution >= 0.6 is 0 Å². The Kier molecular flexibility index (Phi) is 4.52.